The number of halogens is 1. The van der Waals surface area contributed by atoms with Crippen LogP contribution in [-0.4, -0.2) is 42.3 Å². The SMILES string of the molecule is CCCC=C(Br)SCCN=C/C(C)=C\N(C=NCC)C(CC)CC. The van der Waals surface area contributed by atoms with Crippen LogP contribution in [0.15, 0.2) is 31.6 Å². The molecule has 0 aromatic carbocycles. The summed E-state index contributed by atoms with van der Waals surface area (Å²) in [6.45, 7) is 12.4. The van der Waals surface area contributed by atoms with Crippen molar-refractivity contribution in [1.29, 1.82) is 0 Å². The summed E-state index contributed by atoms with van der Waals surface area (Å²) in [6, 6.07) is 0.499. The van der Waals surface area contributed by atoms with Crippen LogP contribution in [0.3, 0.4) is 0 Å². The summed E-state index contributed by atoms with van der Waals surface area (Å²) < 4.78 is 1.22. The molecule has 0 aliphatic heterocycles. The van der Waals surface area contributed by atoms with Gasteiger partial charge in [0.15, 0.2) is 0 Å². The van der Waals surface area contributed by atoms with E-state index in [9.17, 15) is 0 Å². The zero-order valence-corrected chi connectivity index (χ0v) is 18.4. The third-order valence-corrected chi connectivity index (χ3v) is 5.30. The molecule has 0 aliphatic rings. The standard InChI is InChI=1S/C19H34BrN3S/c1-6-10-11-19(20)24-13-12-22-14-17(5)15-23(16-21-9-4)18(7-2)8-3/h11,14-16,18H,6-10,12-13H2,1-5H3/b17-15-,19-11?,21-16?,22-14?. The molecule has 0 spiro atoms. The van der Waals surface area contributed by atoms with Crippen molar-refractivity contribution in [3.8, 4) is 0 Å². The molecule has 0 rings (SSSR count). The first-order valence-electron chi connectivity index (χ1n) is 9.02. The van der Waals surface area contributed by atoms with Gasteiger partial charge in [-0.25, -0.2) is 0 Å². The minimum Gasteiger partial charge on any atom is -0.336 e. The molecule has 0 aromatic heterocycles. The van der Waals surface area contributed by atoms with Gasteiger partial charge in [0, 0.05) is 41.1 Å². The predicted octanol–water partition coefficient (Wildman–Crippen LogP) is 6.27. The molecule has 0 atom stereocenters. The summed E-state index contributed by atoms with van der Waals surface area (Å²) in [5.74, 6) is 0.998. The highest BCUT2D eigenvalue weighted by Crippen LogP contribution is 2.22. The lowest BCUT2D eigenvalue weighted by molar-refractivity contribution is 0.384. The van der Waals surface area contributed by atoms with Crippen molar-refractivity contribution in [1.82, 2.24) is 4.90 Å². The molecule has 0 unspecified atom stereocenters. The van der Waals surface area contributed by atoms with Crippen LogP contribution >= 0.6 is 27.7 Å². The van der Waals surface area contributed by atoms with Gasteiger partial charge in [0.25, 0.3) is 0 Å². The topological polar surface area (TPSA) is 28.0 Å². The Balaban J connectivity index is 4.49. The van der Waals surface area contributed by atoms with Gasteiger partial charge >= 0.3 is 0 Å². The molecule has 24 heavy (non-hydrogen) atoms. The highest BCUT2D eigenvalue weighted by atomic mass is 79.9. The summed E-state index contributed by atoms with van der Waals surface area (Å²) in [4.78, 5) is 11.2. The summed E-state index contributed by atoms with van der Waals surface area (Å²) in [5.41, 5.74) is 1.16. The van der Waals surface area contributed by atoms with Crippen molar-refractivity contribution in [2.45, 2.75) is 66.3 Å². The number of hydrogen-bond acceptors (Lipinski definition) is 3. The van der Waals surface area contributed by atoms with Gasteiger partial charge in [0.1, 0.15) is 0 Å². The second-order valence-electron chi connectivity index (χ2n) is 5.59. The van der Waals surface area contributed by atoms with E-state index in [1.807, 2.05) is 24.3 Å². The van der Waals surface area contributed by atoms with Gasteiger partial charge < -0.3 is 4.90 Å². The Morgan fingerprint density at radius 1 is 1.17 bits per heavy atom. The fraction of sp³-hybridized carbons (Fsp3) is 0.684. The normalized spacial score (nSPS) is 13.6. The molecule has 3 nitrogen and oxygen atoms in total. The third-order valence-electron chi connectivity index (χ3n) is 3.46. The third kappa shape index (κ3) is 11.9. The highest BCUT2D eigenvalue weighted by Gasteiger charge is 2.09. The van der Waals surface area contributed by atoms with Crippen LogP contribution in [0, 0.1) is 0 Å². The Labute approximate surface area is 161 Å². The van der Waals surface area contributed by atoms with E-state index >= 15 is 0 Å². The molecule has 0 saturated heterocycles. The van der Waals surface area contributed by atoms with Gasteiger partial charge in [-0.3, -0.25) is 9.98 Å². The number of thioether (sulfide) groups is 1. The quantitative estimate of drug-likeness (QED) is 0.201. The van der Waals surface area contributed by atoms with E-state index < -0.39 is 0 Å². The lowest BCUT2D eigenvalue weighted by atomic mass is 10.1. The average Bonchev–Trinajstić information content (AvgIpc) is 2.58. The molecular weight excluding hydrogens is 382 g/mol. The Morgan fingerprint density at radius 3 is 2.46 bits per heavy atom. The molecule has 0 aliphatic carbocycles. The Hall–Kier alpha value is -0.550. The first-order valence-corrected chi connectivity index (χ1v) is 10.8. The monoisotopic (exact) mass is 415 g/mol. The Morgan fingerprint density at radius 2 is 1.88 bits per heavy atom. The first kappa shape index (κ1) is 23.4. The maximum atomic E-state index is 4.53. The largest absolute Gasteiger partial charge is 0.336 e. The molecule has 0 heterocycles. The van der Waals surface area contributed by atoms with E-state index in [1.54, 1.807) is 0 Å². The van der Waals surface area contributed by atoms with Crippen LogP contribution in [0.2, 0.25) is 0 Å². The number of allylic oxidation sites excluding steroid dienone is 2. The number of hydrogen-bond donors (Lipinski definition) is 0. The average molecular weight is 416 g/mol. The highest BCUT2D eigenvalue weighted by molar-refractivity contribution is 9.14. The van der Waals surface area contributed by atoms with Crippen molar-refractivity contribution in [3.63, 3.8) is 0 Å². The molecule has 0 N–H and O–H groups in total. The zero-order valence-electron chi connectivity index (χ0n) is 16.0. The lowest BCUT2D eigenvalue weighted by Gasteiger charge is -2.25. The van der Waals surface area contributed by atoms with Crippen molar-refractivity contribution >= 4 is 40.2 Å². The fourth-order valence-electron chi connectivity index (χ4n) is 2.11. The van der Waals surface area contributed by atoms with E-state index in [0.717, 1.165) is 43.7 Å². The lowest BCUT2D eigenvalue weighted by Crippen LogP contribution is -2.29. The Kier molecular flexibility index (Phi) is 15.6. The minimum absolute atomic E-state index is 0.499. The maximum absolute atomic E-state index is 4.53. The van der Waals surface area contributed by atoms with Gasteiger partial charge in [0.05, 0.1) is 6.34 Å². The maximum Gasteiger partial charge on any atom is 0.0892 e. The van der Waals surface area contributed by atoms with E-state index in [1.165, 1.54) is 10.2 Å². The minimum atomic E-state index is 0.499. The van der Waals surface area contributed by atoms with Crippen LogP contribution in [0.1, 0.15) is 60.3 Å². The van der Waals surface area contributed by atoms with Crippen LogP contribution in [-0.2, 0) is 0 Å². The van der Waals surface area contributed by atoms with Crippen molar-refractivity contribution in [2.75, 3.05) is 18.8 Å². The van der Waals surface area contributed by atoms with Gasteiger partial charge in [0.2, 0.25) is 0 Å². The van der Waals surface area contributed by atoms with Gasteiger partial charge in [-0.05, 0) is 54.6 Å². The second-order valence-corrected chi connectivity index (χ2v) is 8.10. The van der Waals surface area contributed by atoms with Crippen LogP contribution in [0.25, 0.3) is 0 Å². The molecule has 0 saturated carbocycles. The van der Waals surface area contributed by atoms with Crippen molar-refractivity contribution in [2.24, 2.45) is 9.98 Å². The summed E-state index contributed by atoms with van der Waals surface area (Å²) in [6.07, 6.45) is 12.9. The number of rotatable bonds is 13. The summed E-state index contributed by atoms with van der Waals surface area (Å²) in [7, 11) is 0. The zero-order chi connectivity index (χ0) is 18.2. The number of aliphatic imine (C=N–C) groups is 2. The molecule has 5 heteroatoms. The molecule has 0 fully saturated rings. The molecular formula is C19H34BrN3S. The Bertz CT molecular complexity index is 426. The molecule has 0 aromatic rings. The van der Waals surface area contributed by atoms with Crippen molar-refractivity contribution in [3.05, 3.63) is 21.7 Å². The fourth-order valence-corrected chi connectivity index (χ4v) is 3.45. The molecule has 138 valence electrons. The molecule has 0 bridgehead atoms. The number of unbranched alkanes of at least 4 members (excludes halogenated alkanes) is 1. The second kappa shape index (κ2) is 15.9. The van der Waals surface area contributed by atoms with E-state index in [-0.39, 0.29) is 0 Å². The predicted molar refractivity (Wildman–Crippen MR) is 117 cm³/mol. The van der Waals surface area contributed by atoms with E-state index in [2.05, 4.69) is 77.7 Å². The van der Waals surface area contributed by atoms with Gasteiger partial charge in [-0.15, -0.1) is 11.8 Å². The molecule has 0 radical (unpaired) electrons. The molecule has 0 amide bonds. The first-order chi connectivity index (χ1) is 11.6. The van der Waals surface area contributed by atoms with E-state index in [4.69, 9.17) is 0 Å². The summed E-state index contributed by atoms with van der Waals surface area (Å²) in [5, 5.41) is 0. The van der Waals surface area contributed by atoms with Crippen molar-refractivity contribution < 1.29 is 0 Å². The smallest absolute Gasteiger partial charge is 0.0892 e. The van der Waals surface area contributed by atoms with Crippen LogP contribution in [0.4, 0.5) is 0 Å². The van der Waals surface area contributed by atoms with Gasteiger partial charge in [-0.2, -0.15) is 0 Å². The number of nitrogens with zero attached hydrogens (tertiary/aromatic N) is 3. The van der Waals surface area contributed by atoms with Crippen LogP contribution in [0.5, 0.6) is 0 Å². The summed E-state index contributed by atoms with van der Waals surface area (Å²) >= 11 is 5.41. The van der Waals surface area contributed by atoms with E-state index in [0.29, 0.717) is 6.04 Å². The van der Waals surface area contributed by atoms with Gasteiger partial charge in [-0.1, -0.05) is 33.3 Å². The van der Waals surface area contributed by atoms with Crippen LogP contribution < -0.4 is 0 Å².